The van der Waals surface area contributed by atoms with Crippen LogP contribution < -0.4 is 5.32 Å². The molecule has 0 bridgehead atoms. The maximum Gasteiger partial charge on any atom is 0.306 e. The Labute approximate surface area is 131 Å². The Bertz CT molecular complexity index is 419. The summed E-state index contributed by atoms with van der Waals surface area (Å²) in [4.78, 5) is 18.2. The van der Waals surface area contributed by atoms with Crippen LogP contribution in [0.4, 0.5) is 5.13 Å². The number of aromatic nitrogens is 1. The number of likely N-dealkylation sites (N-methyl/N-ethyl adjacent to an activating group) is 1. The zero-order valence-electron chi connectivity index (χ0n) is 13.5. The van der Waals surface area contributed by atoms with Crippen molar-refractivity contribution in [3.8, 4) is 0 Å². The summed E-state index contributed by atoms with van der Waals surface area (Å²) in [6.45, 7) is 11.9. The van der Waals surface area contributed by atoms with E-state index in [1.807, 2.05) is 12.3 Å². The van der Waals surface area contributed by atoms with Crippen LogP contribution in [-0.2, 0) is 16.0 Å². The van der Waals surface area contributed by atoms with Crippen LogP contribution in [0.1, 0.15) is 39.8 Å². The van der Waals surface area contributed by atoms with Gasteiger partial charge in [-0.25, -0.2) is 4.98 Å². The number of thiazole rings is 1. The standard InChI is InChI=1S/C15H27N3O2S/c1-5-18(6-2)10-12(4)16-15-17-13(11-21-15)8-9-14(19)20-7-3/h11-12H,5-10H2,1-4H3,(H,16,17). The summed E-state index contributed by atoms with van der Waals surface area (Å²) >= 11 is 1.59. The molecule has 0 aliphatic heterocycles. The summed E-state index contributed by atoms with van der Waals surface area (Å²) < 4.78 is 4.92. The predicted molar refractivity (Wildman–Crippen MR) is 87.9 cm³/mol. The first kappa shape index (κ1) is 17.9. The number of anilines is 1. The number of nitrogens with zero attached hydrogens (tertiary/aromatic N) is 2. The third-order valence-electron chi connectivity index (χ3n) is 3.24. The van der Waals surface area contributed by atoms with E-state index in [-0.39, 0.29) is 5.97 Å². The van der Waals surface area contributed by atoms with Gasteiger partial charge in [-0.2, -0.15) is 0 Å². The van der Waals surface area contributed by atoms with Crippen molar-refractivity contribution in [3.63, 3.8) is 0 Å². The molecular formula is C15H27N3O2S. The zero-order valence-corrected chi connectivity index (χ0v) is 14.3. The monoisotopic (exact) mass is 313 g/mol. The summed E-state index contributed by atoms with van der Waals surface area (Å²) in [5.74, 6) is -0.157. The fourth-order valence-electron chi connectivity index (χ4n) is 2.08. The highest BCUT2D eigenvalue weighted by Gasteiger charge is 2.10. The molecule has 120 valence electrons. The SMILES string of the molecule is CCOC(=O)CCc1csc(NC(C)CN(CC)CC)n1. The second-order valence-electron chi connectivity index (χ2n) is 4.98. The molecule has 0 aliphatic rings. The number of carbonyl (C=O) groups is 1. The Morgan fingerprint density at radius 1 is 1.43 bits per heavy atom. The average molecular weight is 313 g/mol. The van der Waals surface area contributed by atoms with Crippen molar-refractivity contribution < 1.29 is 9.53 Å². The molecule has 1 rings (SSSR count). The maximum absolute atomic E-state index is 11.3. The van der Waals surface area contributed by atoms with E-state index in [9.17, 15) is 4.79 Å². The zero-order chi connectivity index (χ0) is 15.7. The number of aryl methyl sites for hydroxylation is 1. The van der Waals surface area contributed by atoms with Crippen LogP contribution in [0.15, 0.2) is 5.38 Å². The minimum Gasteiger partial charge on any atom is -0.466 e. The number of nitrogens with one attached hydrogen (secondary N) is 1. The highest BCUT2D eigenvalue weighted by Crippen LogP contribution is 2.17. The fourth-order valence-corrected chi connectivity index (χ4v) is 2.93. The molecule has 1 heterocycles. The summed E-state index contributed by atoms with van der Waals surface area (Å²) in [7, 11) is 0. The molecule has 1 aromatic rings. The summed E-state index contributed by atoms with van der Waals surface area (Å²) in [5.41, 5.74) is 0.950. The molecule has 0 saturated carbocycles. The lowest BCUT2D eigenvalue weighted by molar-refractivity contribution is -0.143. The Morgan fingerprint density at radius 2 is 2.14 bits per heavy atom. The van der Waals surface area contributed by atoms with Gasteiger partial charge in [0, 0.05) is 24.4 Å². The van der Waals surface area contributed by atoms with Gasteiger partial charge >= 0.3 is 5.97 Å². The van der Waals surface area contributed by atoms with Crippen LogP contribution in [0, 0.1) is 0 Å². The molecule has 0 aliphatic carbocycles. The summed E-state index contributed by atoms with van der Waals surface area (Å²) in [5, 5.41) is 6.35. The van der Waals surface area contributed by atoms with Gasteiger partial charge in [-0.1, -0.05) is 13.8 Å². The number of rotatable bonds is 10. The molecule has 0 aromatic carbocycles. The first-order valence-electron chi connectivity index (χ1n) is 7.67. The van der Waals surface area contributed by atoms with Crippen molar-refractivity contribution in [1.29, 1.82) is 0 Å². The number of hydrogen-bond acceptors (Lipinski definition) is 6. The Kier molecular flexibility index (Phi) is 8.30. The molecule has 0 radical (unpaired) electrons. The van der Waals surface area contributed by atoms with Gasteiger partial charge in [0.15, 0.2) is 5.13 Å². The van der Waals surface area contributed by atoms with Crippen molar-refractivity contribution in [2.24, 2.45) is 0 Å². The van der Waals surface area contributed by atoms with E-state index >= 15 is 0 Å². The molecule has 21 heavy (non-hydrogen) atoms. The van der Waals surface area contributed by atoms with Crippen LogP contribution >= 0.6 is 11.3 Å². The third-order valence-corrected chi connectivity index (χ3v) is 4.06. The molecule has 1 aromatic heterocycles. The van der Waals surface area contributed by atoms with Gasteiger partial charge in [0.05, 0.1) is 18.7 Å². The van der Waals surface area contributed by atoms with E-state index in [1.54, 1.807) is 11.3 Å². The Balaban J connectivity index is 2.39. The molecule has 0 spiro atoms. The van der Waals surface area contributed by atoms with Gasteiger partial charge in [0.25, 0.3) is 0 Å². The number of esters is 1. The largest absolute Gasteiger partial charge is 0.466 e. The first-order valence-corrected chi connectivity index (χ1v) is 8.55. The van der Waals surface area contributed by atoms with Crippen LogP contribution in [0.5, 0.6) is 0 Å². The topological polar surface area (TPSA) is 54.5 Å². The molecule has 1 atom stereocenters. The first-order chi connectivity index (χ1) is 10.1. The molecule has 1 N–H and O–H groups in total. The number of ether oxygens (including phenoxy) is 1. The van der Waals surface area contributed by atoms with E-state index in [1.165, 1.54) is 0 Å². The van der Waals surface area contributed by atoms with E-state index < -0.39 is 0 Å². The van der Waals surface area contributed by atoms with Gasteiger partial charge < -0.3 is 15.0 Å². The smallest absolute Gasteiger partial charge is 0.306 e. The molecule has 5 nitrogen and oxygen atoms in total. The highest BCUT2D eigenvalue weighted by atomic mass is 32.1. The van der Waals surface area contributed by atoms with Gasteiger partial charge in [0.2, 0.25) is 0 Å². The van der Waals surface area contributed by atoms with Crippen molar-refractivity contribution in [2.75, 3.05) is 31.6 Å². The van der Waals surface area contributed by atoms with Crippen molar-refractivity contribution in [2.45, 2.75) is 46.6 Å². The summed E-state index contributed by atoms with van der Waals surface area (Å²) in [6, 6.07) is 0.356. The van der Waals surface area contributed by atoms with Gasteiger partial charge in [-0.3, -0.25) is 4.79 Å². The molecule has 6 heteroatoms. The average Bonchev–Trinajstić information content (AvgIpc) is 2.90. The van der Waals surface area contributed by atoms with E-state index in [4.69, 9.17) is 4.74 Å². The van der Waals surface area contributed by atoms with Crippen molar-refractivity contribution >= 4 is 22.4 Å². The lowest BCUT2D eigenvalue weighted by Gasteiger charge is -2.23. The normalized spacial score (nSPS) is 12.4. The van der Waals surface area contributed by atoms with Crippen molar-refractivity contribution in [3.05, 3.63) is 11.1 Å². The molecule has 0 fully saturated rings. The Morgan fingerprint density at radius 3 is 2.76 bits per heavy atom. The van der Waals surface area contributed by atoms with Crippen LogP contribution in [0.3, 0.4) is 0 Å². The highest BCUT2D eigenvalue weighted by molar-refractivity contribution is 7.13. The van der Waals surface area contributed by atoms with Crippen LogP contribution in [0.2, 0.25) is 0 Å². The molecule has 1 unspecified atom stereocenters. The lowest BCUT2D eigenvalue weighted by Crippen LogP contribution is -2.34. The van der Waals surface area contributed by atoms with Gasteiger partial charge in [0.1, 0.15) is 0 Å². The van der Waals surface area contributed by atoms with Crippen LogP contribution in [0.25, 0.3) is 0 Å². The maximum atomic E-state index is 11.3. The van der Waals surface area contributed by atoms with Gasteiger partial charge in [-0.05, 0) is 26.9 Å². The number of hydrogen-bond donors (Lipinski definition) is 1. The van der Waals surface area contributed by atoms with Crippen LogP contribution in [-0.4, -0.2) is 48.1 Å². The predicted octanol–water partition coefficient (Wildman–Crippen LogP) is 2.78. The van der Waals surface area contributed by atoms with E-state index in [0.29, 0.717) is 25.5 Å². The lowest BCUT2D eigenvalue weighted by atomic mass is 10.2. The minimum atomic E-state index is -0.157. The third kappa shape index (κ3) is 6.91. The van der Waals surface area contributed by atoms with E-state index in [2.05, 4.69) is 36.0 Å². The second kappa shape index (κ2) is 9.73. The van der Waals surface area contributed by atoms with E-state index in [0.717, 1.165) is 30.5 Å². The summed E-state index contributed by atoms with van der Waals surface area (Å²) in [6.07, 6.45) is 1.04. The quantitative estimate of drug-likeness (QED) is 0.673. The van der Waals surface area contributed by atoms with Crippen molar-refractivity contribution in [1.82, 2.24) is 9.88 Å². The number of carbonyl (C=O) groups excluding carboxylic acids is 1. The molecule has 0 saturated heterocycles. The Hall–Kier alpha value is -1.14. The van der Waals surface area contributed by atoms with Gasteiger partial charge in [-0.15, -0.1) is 11.3 Å². The molecule has 0 amide bonds. The minimum absolute atomic E-state index is 0.157. The molecular weight excluding hydrogens is 286 g/mol. The fraction of sp³-hybridized carbons (Fsp3) is 0.733. The second-order valence-corrected chi connectivity index (χ2v) is 5.84.